The number of amides is 1. The third-order valence-corrected chi connectivity index (χ3v) is 7.85. The summed E-state index contributed by atoms with van der Waals surface area (Å²) in [5.41, 5.74) is 1.79. The normalized spacial score (nSPS) is 29.4. The van der Waals surface area contributed by atoms with E-state index in [0.717, 1.165) is 44.2 Å². The molecule has 182 valence electrons. The van der Waals surface area contributed by atoms with E-state index < -0.39 is 24.2 Å². The maximum atomic E-state index is 13.0. The van der Waals surface area contributed by atoms with Crippen molar-refractivity contribution in [1.82, 2.24) is 20.0 Å². The molecule has 5 unspecified atom stereocenters. The number of carbonyl (C=O) groups excluding carboxylic acids is 1. The number of amidine groups is 1. The summed E-state index contributed by atoms with van der Waals surface area (Å²) in [7, 11) is 0. The molecule has 10 nitrogen and oxygen atoms in total. The van der Waals surface area contributed by atoms with E-state index in [2.05, 4.69) is 25.6 Å². The first kappa shape index (κ1) is 23.3. The van der Waals surface area contributed by atoms with Gasteiger partial charge in [-0.1, -0.05) is 11.8 Å². The summed E-state index contributed by atoms with van der Waals surface area (Å²) in [6.07, 6.45) is 1.86. The van der Waals surface area contributed by atoms with Gasteiger partial charge in [0.05, 0.1) is 37.0 Å². The number of morpholine rings is 1. The summed E-state index contributed by atoms with van der Waals surface area (Å²) in [6, 6.07) is 9.10. The summed E-state index contributed by atoms with van der Waals surface area (Å²) < 4.78 is 7.14. The molecule has 0 radical (unpaired) electrons. The van der Waals surface area contributed by atoms with Gasteiger partial charge in [-0.3, -0.25) is 14.7 Å². The molecule has 3 heterocycles. The van der Waals surface area contributed by atoms with Gasteiger partial charge >= 0.3 is 0 Å². The fourth-order valence-electron chi connectivity index (χ4n) is 4.64. The molecule has 34 heavy (non-hydrogen) atoms. The van der Waals surface area contributed by atoms with Crippen molar-refractivity contribution in [1.29, 1.82) is 0 Å². The molecule has 2 aliphatic heterocycles. The van der Waals surface area contributed by atoms with Crippen molar-refractivity contribution in [3.05, 3.63) is 42.7 Å². The highest BCUT2D eigenvalue weighted by Crippen LogP contribution is 2.41. The Morgan fingerprint density at radius 1 is 1.21 bits per heavy atom. The highest BCUT2D eigenvalue weighted by molar-refractivity contribution is 8.15. The molecule has 1 amide bonds. The number of hydrogen-bond acceptors (Lipinski definition) is 9. The standard InChI is InChI=1S/C23H30N6O4S/c30-18-14-17(22(32)24-7-9-28-10-12-33-13-11-28)21-19(20(18)31)27-23(34-21)26-15-2-4-16(5-3-15)29-8-1-6-25-29/h1-6,8,17-21,30-31H,7,9-14H2,(H,24,32)(H,26,27). The van der Waals surface area contributed by atoms with Gasteiger partial charge in [-0.2, -0.15) is 5.10 Å². The van der Waals surface area contributed by atoms with Gasteiger partial charge in [0.25, 0.3) is 0 Å². The van der Waals surface area contributed by atoms with Gasteiger partial charge in [0.15, 0.2) is 5.17 Å². The van der Waals surface area contributed by atoms with E-state index in [9.17, 15) is 15.0 Å². The Morgan fingerprint density at radius 3 is 2.74 bits per heavy atom. The Hall–Kier alpha value is -2.44. The maximum Gasteiger partial charge on any atom is 0.224 e. The molecule has 5 atom stereocenters. The van der Waals surface area contributed by atoms with Crippen LogP contribution in [-0.2, 0) is 9.53 Å². The summed E-state index contributed by atoms with van der Waals surface area (Å²) in [6.45, 7) is 4.50. The van der Waals surface area contributed by atoms with E-state index >= 15 is 0 Å². The van der Waals surface area contributed by atoms with Crippen LogP contribution < -0.4 is 10.6 Å². The third kappa shape index (κ3) is 5.13. The molecule has 1 saturated heterocycles. The first-order chi connectivity index (χ1) is 16.6. The van der Waals surface area contributed by atoms with Crippen LogP contribution in [0.25, 0.3) is 5.69 Å². The van der Waals surface area contributed by atoms with Crippen LogP contribution in [0.5, 0.6) is 0 Å². The summed E-state index contributed by atoms with van der Waals surface area (Å²) in [5, 5.41) is 31.9. The number of aliphatic imine (C=N–C) groups is 1. The van der Waals surface area contributed by atoms with Crippen molar-refractivity contribution >= 4 is 28.5 Å². The molecule has 1 aromatic carbocycles. The van der Waals surface area contributed by atoms with Gasteiger partial charge < -0.3 is 25.6 Å². The molecule has 4 N–H and O–H groups in total. The molecular formula is C23H30N6O4S. The minimum absolute atomic E-state index is 0.0956. The van der Waals surface area contributed by atoms with E-state index in [0.29, 0.717) is 11.7 Å². The second-order valence-electron chi connectivity index (χ2n) is 8.77. The van der Waals surface area contributed by atoms with E-state index in [-0.39, 0.29) is 17.6 Å². The number of nitrogens with zero attached hydrogens (tertiary/aromatic N) is 4. The topological polar surface area (TPSA) is 124 Å². The number of carbonyl (C=O) groups is 1. The van der Waals surface area contributed by atoms with Crippen LogP contribution in [0, 0.1) is 5.92 Å². The van der Waals surface area contributed by atoms with Crippen molar-refractivity contribution < 1.29 is 19.7 Å². The van der Waals surface area contributed by atoms with Crippen molar-refractivity contribution in [2.24, 2.45) is 10.9 Å². The van der Waals surface area contributed by atoms with Crippen molar-refractivity contribution in [3.8, 4) is 5.69 Å². The van der Waals surface area contributed by atoms with Crippen molar-refractivity contribution in [2.75, 3.05) is 44.7 Å². The lowest BCUT2D eigenvalue weighted by Gasteiger charge is -2.37. The lowest BCUT2D eigenvalue weighted by Crippen LogP contribution is -2.54. The van der Waals surface area contributed by atoms with Crippen LogP contribution >= 0.6 is 11.8 Å². The molecule has 0 spiro atoms. The molecule has 1 aliphatic carbocycles. The van der Waals surface area contributed by atoms with Crippen LogP contribution in [0.15, 0.2) is 47.7 Å². The number of anilines is 1. The van der Waals surface area contributed by atoms with Crippen LogP contribution in [-0.4, -0.2) is 98.9 Å². The number of aliphatic hydroxyl groups excluding tert-OH is 2. The second-order valence-corrected chi connectivity index (χ2v) is 9.94. The number of aliphatic hydroxyl groups is 2. The largest absolute Gasteiger partial charge is 0.390 e. The summed E-state index contributed by atoms with van der Waals surface area (Å²) >= 11 is 1.46. The minimum atomic E-state index is -0.989. The minimum Gasteiger partial charge on any atom is -0.390 e. The van der Waals surface area contributed by atoms with Gasteiger partial charge in [-0.25, -0.2) is 4.68 Å². The monoisotopic (exact) mass is 486 g/mol. The zero-order valence-electron chi connectivity index (χ0n) is 18.8. The molecule has 5 rings (SSSR count). The first-order valence-electron chi connectivity index (χ1n) is 11.6. The highest BCUT2D eigenvalue weighted by atomic mass is 32.2. The van der Waals surface area contributed by atoms with Crippen LogP contribution in [0.2, 0.25) is 0 Å². The molecule has 0 bridgehead atoms. The molecule has 3 aliphatic rings. The second kappa shape index (κ2) is 10.4. The lowest BCUT2D eigenvalue weighted by molar-refractivity contribution is -0.129. The zero-order valence-corrected chi connectivity index (χ0v) is 19.6. The number of ether oxygens (including phenoxy) is 1. The smallest absolute Gasteiger partial charge is 0.224 e. The zero-order chi connectivity index (χ0) is 23.5. The fraction of sp³-hybridized carbons (Fsp3) is 0.522. The Morgan fingerprint density at radius 2 is 2.00 bits per heavy atom. The predicted octanol–water partition coefficient (Wildman–Crippen LogP) is 0.314. The number of benzene rings is 1. The predicted molar refractivity (Wildman–Crippen MR) is 130 cm³/mol. The van der Waals surface area contributed by atoms with Crippen LogP contribution in [0.3, 0.4) is 0 Å². The number of rotatable bonds is 6. The van der Waals surface area contributed by atoms with E-state index in [4.69, 9.17) is 4.74 Å². The number of aromatic nitrogens is 2. The van der Waals surface area contributed by atoms with Crippen LogP contribution in [0.1, 0.15) is 6.42 Å². The van der Waals surface area contributed by atoms with Gasteiger partial charge in [-0.05, 0) is 36.8 Å². The Balaban J connectivity index is 1.20. The number of hydrogen-bond donors (Lipinski definition) is 4. The number of nitrogens with one attached hydrogen (secondary N) is 2. The van der Waals surface area contributed by atoms with Gasteiger partial charge in [-0.15, -0.1) is 0 Å². The summed E-state index contributed by atoms with van der Waals surface area (Å²) in [4.78, 5) is 19.9. The van der Waals surface area contributed by atoms with Crippen molar-refractivity contribution in [3.63, 3.8) is 0 Å². The highest BCUT2D eigenvalue weighted by Gasteiger charge is 2.50. The first-order valence-corrected chi connectivity index (χ1v) is 12.5. The molecular weight excluding hydrogens is 456 g/mol. The van der Waals surface area contributed by atoms with Crippen molar-refractivity contribution in [2.45, 2.75) is 29.9 Å². The Bertz CT molecular complexity index is 995. The molecule has 2 fully saturated rings. The Labute approximate surface area is 202 Å². The SMILES string of the molecule is O=C(NCCN1CCOCC1)C1CC(O)C(O)C2N=C(Nc3ccc(-n4cccn4)cc3)SC12. The third-order valence-electron chi connectivity index (χ3n) is 6.54. The molecule has 2 aromatic rings. The van der Waals surface area contributed by atoms with Gasteiger partial charge in [0.2, 0.25) is 5.91 Å². The number of thioether (sulfide) groups is 1. The van der Waals surface area contributed by atoms with Gasteiger partial charge in [0.1, 0.15) is 6.10 Å². The van der Waals surface area contributed by atoms with Crippen LogP contribution in [0.4, 0.5) is 5.69 Å². The quantitative estimate of drug-likeness (QED) is 0.460. The van der Waals surface area contributed by atoms with E-state index in [1.807, 2.05) is 36.5 Å². The van der Waals surface area contributed by atoms with E-state index in [1.165, 1.54) is 11.8 Å². The van der Waals surface area contributed by atoms with E-state index in [1.54, 1.807) is 10.9 Å². The number of fused-ring (bicyclic) bond motifs is 1. The fourth-order valence-corrected chi connectivity index (χ4v) is 6.02. The maximum absolute atomic E-state index is 13.0. The molecule has 1 aromatic heterocycles. The summed E-state index contributed by atoms with van der Waals surface area (Å²) in [5.74, 6) is -0.523. The van der Waals surface area contributed by atoms with Gasteiger partial charge in [0, 0.05) is 49.5 Å². The Kier molecular flexibility index (Phi) is 7.16. The average Bonchev–Trinajstić information content (AvgIpc) is 3.53. The lowest BCUT2D eigenvalue weighted by atomic mass is 9.81. The molecule has 11 heteroatoms. The molecule has 1 saturated carbocycles. The average molecular weight is 487 g/mol.